The van der Waals surface area contributed by atoms with E-state index < -0.39 is 0 Å². The number of nitrogens with zero attached hydrogens (tertiary/aromatic N) is 3. The van der Waals surface area contributed by atoms with Crippen molar-refractivity contribution in [3.63, 3.8) is 0 Å². The highest BCUT2D eigenvalue weighted by molar-refractivity contribution is 6.32. The van der Waals surface area contributed by atoms with Gasteiger partial charge in [-0.15, -0.1) is 0 Å². The molecular weight excluding hydrogens is 410 g/mol. The fourth-order valence-electron chi connectivity index (χ4n) is 4.12. The minimum absolute atomic E-state index is 0.149. The van der Waals surface area contributed by atoms with E-state index in [2.05, 4.69) is 18.8 Å². The number of piperidine rings is 1. The quantitative estimate of drug-likeness (QED) is 0.434. The Morgan fingerprint density at radius 2 is 1.90 bits per heavy atom. The van der Waals surface area contributed by atoms with Gasteiger partial charge in [0.2, 0.25) is 5.91 Å². The van der Waals surface area contributed by atoms with Crippen molar-refractivity contribution in [3.05, 3.63) is 53.9 Å². The molecule has 0 saturated carbocycles. The predicted octanol–water partition coefficient (Wildman–Crippen LogP) is 5.85. The number of carbonyl (C=O) groups is 1. The Morgan fingerprint density at radius 1 is 1.16 bits per heavy atom. The lowest BCUT2D eigenvalue weighted by molar-refractivity contribution is -0.133. The van der Waals surface area contributed by atoms with Gasteiger partial charge in [0.05, 0.1) is 0 Å². The number of imidazole rings is 1. The normalized spacial score (nSPS) is 15.0. The van der Waals surface area contributed by atoms with Crippen LogP contribution >= 0.6 is 11.6 Å². The molecule has 1 amide bonds. The second-order valence-electron chi connectivity index (χ2n) is 8.70. The van der Waals surface area contributed by atoms with Crippen LogP contribution in [0.4, 0.5) is 0 Å². The summed E-state index contributed by atoms with van der Waals surface area (Å²) in [6.07, 6.45) is 8.27. The van der Waals surface area contributed by atoms with Crippen LogP contribution in [0.1, 0.15) is 46.0 Å². The molecule has 0 spiro atoms. The Morgan fingerprint density at radius 3 is 2.61 bits per heavy atom. The zero-order valence-electron chi connectivity index (χ0n) is 18.3. The van der Waals surface area contributed by atoms with Crippen molar-refractivity contribution in [1.82, 2.24) is 14.3 Å². The first-order valence-electron chi connectivity index (χ1n) is 11.2. The Kier molecular flexibility index (Phi) is 6.81. The minimum Gasteiger partial charge on any atom is -0.490 e. The Bertz CT molecular complexity index is 1020. The van der Waals surface area contributed by atoms with Crippen molar-refractivity contribution in [2.24, 2.45) is 5.92 Å². The van der Waals surface area contributed by atoms with E-state index in [1.54, 1.807) is 6.20 Å². The zero-order chi connectivity index (χ0) is 21.8. The number of hydrogen-bond donors (Lipinski definition) is 0. The van der Waals surface area contributed by atoms with Crippen LogP contribution in [0.5, 0.6) is 5.75 Å². The van der Waals surface area contributed by atoms with Gasteiger partial charge in [-0.1, -0.05) is 44.0 Å². The molecule has 1 saturated heterocycles. The summed E-state index contributed by atoms with van der Waals surface area (Å²) >= 11 is 6.56. The maximum atomic E-state index is 12.4. The van der Waals surface area contributed by atoms with Crippen LogP contribution in [0.3, 0.4) is 0 Å². The third kappa shape index (κ3) is 5.21. The summed E-state index contributed by atoms with van der Waals surface area (Å²) in [5.74, 6) is 1.80. The average molecular weight is 440 g/mol. The fraction of sp³-hybridized carbons (Fsp3) is 0.440. The summed E-state index contributed by atoms with van der Waals surface area (Å²) < 4.78 is 8.06. The summed E-state index contributed by atoms with van der Waals surface area (Å²) in [5, 5.41) is 0.647. The van der Waals surface area contributed by atoms with E-state index in [4.69, 9.17) is 16.3 Å². The lowest BCUT2D eigenvalue weighted by atomic mass is 10.0. The van der Waals surface area contributed by atoms with Gasteiger partial charge in [-0.25, -0.2) is 4.98 Å². The summed E-state index contributed by atoms with van der Waals surface area (Å²) in [7, 11) is 0. The van der Waals surface area contributed by atoms with E-state index in [1.807, 2.05) is 51.9 Å². The highest BCUT2D eigenvalue weighted by Gasteiger charge is 2.23. The first-order valence-corrected chi connectivity index (χ1v) is 11.6. The molecule has 2 aromatic heterocycles. The summed E-state index contributed by atoms with van der Waals surface area (Å²) in [6.45, 7) is 5.97. The van der Waals surface area contributed by atoms with Crippen LogP contribution in [0.2, 0.25) is 5.15 Å². The number of rotatable bonds is 7. The molecule has 1 aliphatic heterocycles. The molecule has 0 N–H and O–H groups in total. The van der Waals surface area contributed by atoms with Crippen molar-refractivity contribution in [1.29, 1.82) is 0 Å². The monoisotopic (exact) mass is 439 g/mol. The smallest absolute Gasteiger partial charge is 0.222 e. The molecular formula is C25H30ClN3O2. The van der Waals surface area contributed by atoms with E-state index in [0.29, 0.717) is 17.5 Å². The van der Waals surface area contributed by atoms with Gasteiger partial charge in [0.1, 0.15) is 22.7 Å². The number of ether oxygens (including phenoxy) is 1. The highest BCUT2D eigenvalue weighted by Crippen LogP contribution is 2.30. The molecule has 4 rings (SSSR count). The van der Waals surface area contributed by atoms with E-state index in [1.165, 1.54) is 0 Å². The van der Waals surface area contributed by atoms with Crippen molar-refractivity contribution in [2.75, 3.05) is 13.1 Å². The maximum absolute atomic E-state index is 12.4. The predicted molar refractivity (Wildman–Crippen MR) is 125 cm³/mol. The minimum atomic E-state index is 0.149. The van der Waals surface area contributed by atoms with Gasteiger partial charge >= 0.3 is 0 Å². The van der Waals surface area contributed by atoms with Gasteiger partial charge in [-0.3, -0.25) is 9.20 Å². The number of amides is 1. The molecule has 1 aliphatic rings. The topological polar surface area (TPSA) is 46.8 Å². The Labute approximate surface area is 189 Å². The standard InChI is InChI=1S/C25H30ClN3O2/c1-18(2)4-3-5-24(30)28-15-12-21(13-16-28)31-20-8-6-19(7-9-20)22-10-11-23-27-14-17-29(23)25(22)26/h6-11,14,17-18,21H,3-5,12-13,15-16H2,1-2H3. The molecule has 0 atom stereocenters. The van der Waals surface area contributed by atoms with E-state index in [0.717, 1.165) is 61.3 Å². The third-order valence-electron chi connectivity index (χ3n) is 5.94. The Hall–Kier alpha value is -2.53. The van der Waals surface area contributed by atoms with Crippen molar-refractivity contribution < 1.29 is 9.53 Å². The lowest BCUT2D eigenvalue weighted by Crippen LogP contribution is -2.41. The molecule has 6 heteroatoms. The van der Waals surface area contributed by atoms with Crippen LogP contribution in [0.25, 0.3) is 16.8 Å². The van der Waals surface area contributed by atoms with Crippen LogP contribution < -0.4 is 4.74 Å². The highest BCUT2D eigenvalue weighted by atomic mass is 35.5. The first-order chi connectivity index (χ1) is 15.0. The van der Waals surface area contributed by atoms with E-state index in [9.17, 15) is 4.79 Å². The van der Waals surface area contributed by atoms with Crippen molar-refractivity contribution >= 4 is 23.2 Å². The molecule has 3 heterocycles. The molecule has 31 heavy (non-hydrogen) atoms. The van der Waals surface area contributed by atoms with Crippen LogP contribution in [0, 0.1) is 5.92 Å². The van der Waals surface area contributed by atoms with Gasteiger partial charge in [0, 0.05) is 50.3 Å². The van der Waals surface area contributed by atoms with Gasteiger partial charge in [-0.2, -0.15) is 0 Å². The van der Waals surface area contributed by atoms with E-state index in [-0.39, 0.29) is 12.0 Å². The number of carbonyl (C=O) groups excluding carboxylic acids is 1. The summed E-state index contributed by atoms with van der Waals surface area (Å²) in [4.78, 5) is 18.6. The number of pyridine rings is 1. The average Bonchev–Trinajstić information content (AvgIpc) is 3.25. The molecule has 164 valence electrons. The zero-order valence-corrected chi connectivity index (χ0v) is 19.0. The third-order valence-corrected chi connectivity index (χ3v) is 6.32. The number of aromatic nitrogens is 2. The largest absolute Gasteiger partial charge is 0.490 e. The molecule has 0 radical (unpaired) electrons. The number of likely N-dealkylation sites (tertiary alicyclic amines) is 1. The van der Waals surface area contributed by atoms with Crippen molar-refractivity contribution in [3.8, 4) is 16.9 Å². The van der Waals surface area contributed by atoms with Crippen molar-refractivity contribution in [2.45, 2.75) is 52.1 Å². The Balaban J connectivity index is 1.31. The fourth-order valence-corrected chi connectivity index (χ4v) is 4.44. The van der Waals surface area contributed by atoms with Crippen LogP contribution in [0.15, 0.2) is 48.8 Å². The maximum Gasteiger partial charge on any atom is 0.222 e. The number of hydrogen-bond acceptors (Lipinski definition) is 3. The molecule has 1 aromatic carbocycles. The van der Waals surface area contributed by atoms with Crippen LogP contribution in [-0.4, -0.2) is 39.4 Å². The molecule has 3 aromatic rings. The SMILES string of the molecule is CC(C)CCCC(=O)N1CCC(Oc2ccc(-c3ccc4nccn4c3Cl)cc2)CC1. The molecule has 1 fully saturated rings. The van der Waals surface area contributed by atoms with Gasteiger partial charge in [-0.05, 0) is 42.2 Å². The second kappa shape index (κ2) is 9.73. The first kappa shape index (κ1) is 21.7. The number of fused-ring (bicyclic) bond motifs is 1. The molecule has 5 nitrogen and oxygen atoms in total. The lowest BCUT2D eigenvalue weighted by Gasteiger charge is -2.32. The van der Waals surface area contributed by atoms with Crippen LogP contribution in [-0.2, 0) is 4.79 Å². The van der Waals surface area contributed by atoms with Gasteiger partial charge < -0.3 is 9.64 Å². The molecule has 0 bridgehead atoms. The number of benzene rings is 1. The summed E-state index contributed by atoms with van der Waals surface area (Å²) in [6, 6.07) is 12.0. The van der Waals surface area contributed by atoms with E-state index >= 15 is 0 Å². The second-order valence-corrected chi connectivity index (χ2v) is 9.06. The number of halogens is 1. The molecule has 0 unspecified atom stereocenters. The summed E-state index contributed by atoms with van der Waals surface area (Å²) in [5.41, 5.74) is 2.83. The molecule has 0 aliphatic carbocycles. The van der Waals surface area contributed by atoms with Gasteiger partial charge in [0.25, 0.3) is 0 Å². The van der Waals surface area contributed by atoms with Gasteiger partial charge in [0.15, 0.2) is 0 Å².